The molecule has 0 spiro atoms. The van der Waals surface area contributed by atoms with Crippen LogP contribution < -0.4 is 9.79 Å². The molecule has 0 saturated heterocycles. The molecule has 0 amide bonds. The molecule has 0 heterocycles. The summed E-state index contributed by atoms with van der Waals surface area (Å²) in [6.45, 7) is 2.63. The van der Waals surface area contributed by atoms with Gasteiger partial charge < -0.3 is 14.3 Å². The van der Waals surface area contributed by atoms with Crippen LogP contribution in [0.15, 0.2) is 0 Å². The summed E-state index contributed by atoms with van der Waals surface area (Å²) in [5.41, 5.74) is 0. The molecule has 0 aromatic heterocycles. The standard InChI is InChI=1S/C18H37O3P.Ba/c1-2-3-4-5-6-7-8-9-10-11-12-13-14-15-16-17-18-21-22(19)20;/h2-18H2,1H3;/q-2;+2. The van der Waals surface area contributed by atoms with E-state index in [2.05, 4.69) is 11.4 Å². The molecule has 0 atom stereocenters. The Hall–Kier alpha value is 1.88. The number of hydrogen-bond acceptors (Lipinski definition) is 3. The molecule has 0 aliphatic carbocycles. The average molecular weight is 470 g/mol. The summed E-state index contributed by atoms with van der Waals surface area (Å²) in [6.07, 6.45) is 21.2. The van der Waals surface area contributed by atoms with Gasteiger partial charge in [0.15, 0.2) is 0 Å². The third-order valence-corrected chi connectivity index (χ3v) is 4.59. The second-order valence-corrected chi connectivity index (χ2v) is 7.07. The Morgan fingerprint density at radius 3 is 1.17 bits per heavy atom. The Bertz CT molecular complexity index is 207. The largest absolute Gasteiger partial charge is 2.00 e. The zero-order valence-electron chi connectivity index (χ0n) is 15.4. The predicted molar refractivity (Wildman–Crippen MR) is 98.2 cm³/mol. The van der Waals surface area contributed by atoms with Gasteiger partial charge >= 0.3 is 48.9 Å². The van der Waals surface area contributed by atoms with Gasteiger partial charge in [0.1, 0.15) is 0 Å². The van der Waals surface area contributed by atoms with Crippen LogP contribution in [0.1, 0.15) is 110 Å². The summed E-state index contributed by atoms with van der Waals surface area (Å²) in [5, 5.41) is 0. The Labute approximate surface area is 186 Å². The van der Waals surface area contributed by atoms with E-state index in [0.29, 0.717) is 6.61 Å². The summed E-state index contributed by atoms with van der Waals surface area (Å²) in [4.78, 5) is 20.3. The molecule has 0 aliphatic rings. The van der Waals surface area contributed by atoms with Gasteiger partial charge in [-0.25, -0.2) is 0 Å². The Morgan fingerprint density at radius 2 is 0.870 bits per heavy atom. The molecule has 134 valence electrons. The van der Waals surface area contributed by atoms with E-state index in [-0.39, 0.29) is 48.9 Å². The van der Waals surface area contributed by atoms with Crippen molar-refractivity contribution in [1.82, 2.24) is 0 Å². The monoisotopic (exact) mass is 470 g/mol. The fourth-order valence-electron chi connectivity index (χ4n) is 2.79. The maximum absolute atomic E-state index is 10.2. The van der Waals surface area contributed by atoms with E-state index in [0.717, 1.165) is 12.8 Å². The van der Waals surface area contributed by atoms with Crippen molar-refractivity contribution >= 4 is 57.5 Å². The van der Waals surface area contributed by atoms with E-state index in [9.17, 15) is 9.79 Å². The van der Waals surface area contributed by atoms with Crippen molar-refractivity contribution in [3.63, 3.8) is 0 Å². The second kappa shape index (κ2) is 23.9. The fraction of sp³-hybridized carbons (Fsp3) is 1.00. The summed E-state index contributed by atoms with van der Waals surface area (Å²) >= 11 is 0. The van der Waals surface area contributed by atoms with Gasteiger partial charge in [0.25, 0.3) is 0 Å². The minimum atomic E-state index is -2.64. The van der Waals surface area contributed by atoms with E-state index in [1.54, 1.807) is 0 Å². The van der Waals surface area contributed by atoms with Crippen LogP contribution in [0, 0.1) is 0 Å². The van der Waals surface area contributed by atoms with Gasteiger partial charge in [0.2, 0.25) is 0 Å². The van der Waals surface area contributed by atoms with Gasteiger partial charge in [-0.1, -0.05) is 103 Å². The first kappa shape index (κ1) is 27.1. The van der Waals surface area contributed by atoms with Crippen LogP contribution in [0.25, 0.3) is 0 Å². The van der Waals surface area contributed by atoms with Gasteiger partial charge in [-0.2, -0.15) is 8.60 Å². The molecule has 3 nitrogen and oxygen atoms in total. The maximum Gasteiger partial charge on any atom is 2.00 e. The number of unbranched alkanes of at least 4 members (excludes halogenated alkanes) is 15. The molecule has 0 N–H and O–H groups in total. The maximum atomic E-state index is 10.2. The molecule has 0 rings (SSSR count). The Kier molecular flexibility index (Phi) is 28.1. The molecule has 5 heteroatoms. The molecule has 0 radical (unpaired) electrons. The predicted octanol–water partition coefficient (Wildman–Crippen LogP) is 4.83. The van der Waals surface area contributed by atoms with Crippen LogP contribution in [0.2, 0.25) is 0 Å². The smallest absolute Gasteiger partial charge is 0.820 e. The second-order valence-electron chi connectivity index (χ2n) is 6.36. The van der Waals surface area contributed by atoms with Crippen molar-refractivity contribution < 1.29 is 14.3 Å². The fourth-order valence-corrected chi connectivity index (χ4v) is 3.07. The molecular formula is C18H37BaO3P. The van der Waals surface area contributed by atoms with Gasteiger partial charge in [-0.05, 0) is 6.42 Å². The molecule has 0 aliphatic heterocycles. The van der Waals surface area contributed by atoms with Crippen molar-refractivity contribution in [2.24, 2.45) is 0 Å². The minimum absolute atomic E-state index is 0. The van der Waals surface area contributed by atoms with Gasteiger partial charge in [-0.3, -0.25) is 0 Å². The first-order valence-corrected chi connectivity index (χ1v) is 10.6. The van der Waals surface area contributed by atoms with Crippen LogP contribution in [-0.2, 0) is 4.52 Å². The normalized spacial score (nSPS) is 11.0. The van der Waals surface area contributed by atoms with E-state index in [1.807, 2.05) is 0 Å². The topological polar surface area (TPSA) is 55.3 Å². The summed E-state index contributed by atoms with van der Waals surface area (Å²) in [7, 11) is -2.64. The molecule has 0 aromatic rings. The van der Waals surface area contributed by atoms with Crippen LogP contribution in [-0.4, -0.2) is 55.5 Å². The minimum Gasteiger partial charge on any atom is -0.820 e. The van der Waals surface area contributed by atoms with Gasteiger partial charge in [0, 0.05) is 6.61 Å². The van der Waals surface area contributed by atoms with Crippen molar-refractivity contribution in [1.29, 1.82) is 0 Å². The molecule has 0 fully saturated rings. The molecule has 0 unspecified atom stereocenters. The number of hydrogen-bond donors (Lipinski definition) is 0. The van der Waals surface area contributed by atoms with E-state index in [4.69, 9.17) is 0 Å². The molecule has 0 bridgehead atoms. The van der Waals surface area contributed by atoms with E-state index in [1.165, 1.54) is 89.9 Å². The van der Waals surface area contributed by atoms with Crippen molar-refractivity contribution in [2.75, 3.05) is 6.61 Å². The Balaban J connectivity index is 0. The third-order valence-electron chi connectivity index (χ3n) is 4.19. The van der Waals surface area contributed by atoms with Crippen LogP contribution >= 0.6 is 8.60 Å². The summed E-state index contributed by atoms with van der Waals surface area (Å²) in [5.74, 6) is 0. The Morgan fingerprint density at radius 1 is 0.565 bits per heavy atom. The molecular weight excluding hydrogens is 432 g/mol. The average Bonchev–Trinajstić information content (AvgIpc) is 2.50. The first-order chi connectivity index (χ1) is 10.8. The van der Waals surface area contributed by atoms with E-state index >= 15 is 0 Å². The first-order valence-electron chi connectivity index (χ1n) is 9.54. The van der Waals surface area contributed by atoms with Crippen molar-refractivity contribution in [3.05, 3.63) is 0 Å². The zero-order valence-corrected chi connectivity index (χ0v) is 20.7. The van der Waals surface area contributed by atoms with Crippen LogP contribution in [0.5, 0.6) is 0 Å². The SMILES string of the molecule is CCCCCCCCCCCCCCCCCCOP([O-])[O-].[Ba+2]. The van der Waals surface area contributed by atoms with Crippen LogP contribution in [0.4, 0.5) is 0 Å². The van der Waals surface area contributed by atoms with Gasteiger partial charge in [-0.15, -0.1) is 0 Å². The summed E-state index contributed by atoms with van der Waals surface area (Å²) in [6, 6.07) is 0. The van der Waals surface area contributed by atoms with Crippen LogP contribution in [0.3, 0.4) is 0 Å². The molecule has 0 saturated carbocycles. The molecule has 0 aromatic carbocycles. The van der Waals surface area contributed by atoms with Crippen molar-refractivity contribution in [3.8, 4) is 0 Å². The summed E-state index contributed by atoms with van der Waals surface area (Å²) < 4.78 is 4.51. The quantitative estimate of drug-likeness (QED) is 0.164. The van der Waals surface area contributed by atoms with Crippen molar-refractivity contribution in [2.45, 2.75) is 110 Å². The van der Waals surface area contributed by atoms with E-state index < -0.39 is 8.60 Å². The number of rotatable bonds is 18. The van der Waals surface area contributed by atoms with Gasteiger partial charge in [0.05, 0.1) is 0 Å². The zero-order chi connectivity index (χ0) is 16.3. The third kappa shape index (κ3) is 26.2. The molecule has 23 heavy (non-hydrogen) atoms.